The summed E-state index contributed by atoms with van der Waals surface area (Å²) in [6, 6.07) is 0. The molecule has 4 heteroatoms. The molecule has 0 rings (SSSR count). The third-order valence-corrected chi connectivity index (χ3v) is 2.76. The van der Waals surface area contributed by atoms with Gasteiger partial charge in [0.05, 0.1) is 0 Å². The minimum Gasteiger partial charge on any atom is -0.350 e. The number of nitrogens with zero attached hydrogens (tertiary/aromatic N) is 1. The summed E-state index contributed by atoms with van der Waals surface area (Å²) in [6.45, 7) is 13.5. The molecule has 0 aromatic heterocycles. The Morgan fingerprint density at radius 1 is 1.21 bits per heavy atom. The molecule has 0 heterocycles. The van der Waals surface area contributed by atoms with E-state index in [1.54, 1.807) is 0 Å². The molecule has 0 saturated carbocycles. The van der Waals surface area contributed by atoms with Gasteiger partial charge in [-0.15, -0.1) is 0 Å². The molecule has 0 unspecified atom stereocenters. The lowest BCUT2D eigenvalue weighted by molar-refractivity contribution is 0.202. The summed E-state index contributed by atoms with van der Waals surface area (Å²) in [5.41, 5.74) is 2.65. The van der Waals surface area contributed by atoms with E-state index in [1.807, 2.05) is 6.92 Å². The Labute approximate surface area is 87.3 Å². The molecule has 0 saturated heterocycles. The maximum atomic E-state index is 5.37. The molecule has 0 aliphatic carbocycles. The van der Waals surface area contributed by atoms with Crippen molar-refractivity contribution in [2.75, 3.05) is 6.54 Å². The van der Waals surface area contributed by atoms with Crippen molar-refractivity contribution in [3.05, 3.63) is 0 Å². The number of guanidine groups is 1. The quantitative estimate of drug-likeness (QED) is 0.272. The third-order valence-electron chi connectivity index (χ3n) is 2.76. The molecule has 0 aliphatic heterocycles. The van der Waals surface area contributed by atoms with E-state index in [-0.39, 0.29) is 11.0 Å². The average Bonchev–Trinajstić information content (AvgIpc) is 2.01. The SMILES string of the molecule is CCN=C(NN)NC(C)(C)C(C)(C)C. The van der Waals surface area contributed by atoms with Gasteiger partial charge in [-0.1, -0.05) is 20.8 Å². The molecule has 0 fully saturated rings. The fraction of sp³-hybridized carbons (Fsp3) is 0.900. The molecule has 0 amide bonds. The zero-order valence-corrected chi connectivity index (χ0v) is 10.2. The second kappa shape index (κ2) is 4.64. The number of hydrazine groups is 1. The Balaban J connectivity index is 4.56. The summed E-state index contributed by atoms with van der Waals surface area (Å²) in [5.74, 6) is 6.01. The lowest BCUT2D eigenvalue weighted by Crippen LogP contribution is -2.57. The van der Waals surface area contributed by atoms with Gasteiger partial charge in [-0.05, 0) is 26.2 Å². The molecule has 0 atom stereocenters. The molecule has 4 N–H and O–H groups in total. The standard InChI is InChI=1S/C10H24N4/c1-7-12-8(14-11)13-10(5,6)9(2,3)4/h7,11H2,1-6H3,(H2,12,13,14). The molecule has 0 spiro atoms. The fourth-order valence-electron chi connectivity index (χ4n) is 0.763. The summed E-state index contributed by atoms with van der Waals surface area (Å²) in [4.78, 5) is 4.21. The first-order chi connectivity index (χ1) is 6.24. The fourth-order valence-corrected chi connectivity index (χ4v) is 0.763. The van der Waals surface area contributed by atoms with Crippen molar-refractivity contribution in [1.82, 2.24) is 10.7 Å². The van der Waals surface area contributed by atoms with Crippen LogP contribution in [-0.4, -0.2) is 18.0 Å². The van der Waals surface area contributed by atoms with Gasteiger partial charge >= 0.3 is 0 Å². The molecule has 0 aliphatic rings. The van der Waals surface area contributed by atoms with Gasteiger partial charge < -0.3 is 5.32 Å². The number of nitrogens with two attached hydrogens (primary N) is 1. The maximum Gasteiger partial charge on any atom is 0.206 e. The second-order valence-corrected chi connectivity index (χ2v) is 4.97. The van der Waals surface area contributed by atoms with E-state index in [2.05, 4.69) is 50.4 Å². The number of nitrogens with one attached hydrogen (secondary N) is 2. The van der Waals surface area contributed by atoms with E-state index >= 15 is 0 Å². The van der Waals surface area contributed by atoms with Crippen molar-refractivity contribution in [2.24, 2.45) is 16.3 Å². The first kappa shape index (κ1) is 13.2. The van der Waals surface area contributed by atoms with Crippen molar-refractivity contribution in [2.45, 2.75) is 47.1 Å². The van der Waals surface area contributed by atoms with Crippen molar-refractivity contribution in [1.29, 1.82) is 0 Å². The summed E-state index contributed by atoms with van der Waals surface area (Å²) in [5, 5.41) is 3.30. The Hall–Kier alpha value is -0.770. The molecule has 84 valence electrons. The van der Waals surface area contributed by atoms with E-state index in [0.717, 1.165) is 0 Å². The van der Waals surface area contributed by atoms with Crippen molar-refractivity contribution >= 4 is 5.96 Å². The highest BCUT2D eigenvalue weighted by atomic mass is 15.3. The summed E-state index contributed by atoms with van der Waals surface area (Å²) >= 11 is 0. The Morgan fingerprint density at radius 3 is 2.00 bits per heavy atom. The summed E-state index contributed by atoms with van der Waals surface area (Å²) < 4.78 is 0. The Morgan fingerprint density at radius 2 is 1.71 bits per heavy atom. The highest BCUT2D eigenvalue weighted by molar-refractivity contribution is 5.79. The summed E-state index contributed by atoms with van der Waals surface area (Å²) in [7, 11) is 0. The predicted molar refractivity (Wildman–Crippen MR) is 62.0 cm³/mol. The average molecular weight is 200 g/mol. The molecule has 0 aromatic carbocycles. The molecular formula is C10H24N4. The van der Waals surface area contributed by atoms with Gasteiger partial charge in [0.1, 0.15) is 0 Å². The number of hydrogen-bond donors (Lipinski definition) is 3. The maximum absolute atomic E-state index is 5.37. The number of rotatable bonds is 2. The smallest absolute Gasteiger partial charge is 0.206 e. The first-order valence-electron chi connectivity index (χ1n) is 5.04. The molecule has 0 aromatic rings. The highest BCUT2D eigenvalue weighted by Gasteiger charge is 2.33. The minimum atomic E-state index is -0.0621. The first-order valence-corrected chi connectivity index (χ1v) is 5.04. The molecular weight excluding hydrogens is 176 g/mol. The topological polar surface area (TPSA) is 62.4 Å². The van der Waals surface area contributed by atoms with Crippen LogP contribution in [-0.2, 0) is 0 Å². The van der Waals surface area contributed by atoms with E-state index in [1.165, 1.54) is 0 Å². The van der Waals surface area contributed by atoms with Gasteiger partial charge in [-0.25, -0.2) is 5.84 Å². The van der Waals surface area contributed by atoms with Crippen LogP contribution in [0.15, 0.2) is 4.99 Å². The number of aliphatic imine (C=N–C) groups is 1. The van der Waals surface area contributed by atoms with E-state index in [9.17, 15) is 0 Å². The van der Waals surface area contributed by atoms with Crippen LogP contribution >= 0.6 is 0 Å². The van der Waals surface area contributed by atoms with Gasteiger partial charge in [0.25, 0.3) is 0 Å². The predicted octanol–water partition coefficient (Wildman–Crippen LogP) is 1.24. The van der Waals surface area contributed by atoms with Crippen molar-refractivity contribution in [3.8, 4) is 0 Å². The zero-order chi connectivity index (χ0) is 11.4. The Kier molecular flexibility index (Phi) is 4.39. The van der Waals surface area contributed by atoms with Gasteiger partial charge in [0.2, 0.25) is 5.96 Å². The van der Waals surface area contributed by atoms with Crippen LogP contribution in [0.2, 0.25) is 0 Å². The van der Waals surface area contributed by atoms with Crippen LogP contribution in [0.25, 0.3) is 0 Å². The van der Waals surface area contributed by atoms with Gasteiger partial charge in [0, 0.05) is 12.1 Å². The second-order valence-electron chi connectivity index (χ2n) is 4.97. The van der Waals surface area contributed by atoms with E-state index in [0.29, 0.717) is 12.5 Å². The van der Waals surface area contributed by atoms with Crippen molar-refractivity contribution in [3.63, 3.8) is 0 Å². The van der Waals surface area contributed by atoms with Crippen molar-refractivity contribution < 1.29 is 0 Å². The van der Waals surface area contributed by atoms with Gasteiger partial charge in [-0.2, -0.15) is 0 Å². The molecule has 0 bridgehead atoms. The summed E-state index contributed by atoms with van der Waals surface area (Å²) in [6.07, 6.45) is 0. The molecule has 14 heavy (non-hydrogen) atoms. The van der Waals surface area contributed by atoms with E-state index < -0.39 is 0 Å². The minimum absolute atomic E-state index is 0.0621. The van der Waals surface area contributed by atoms with Gasteiger partial charge in [0.15, 0.2) is 0 Å². The molecule has 0 radical (unpaired) electrons. The van der Waals surface area contributed by atoms with Gasteiger partial charge in [-0.3, -0.25) is 10.4 Å². The van der Waals surface area contributed by atoms with Crippen LogP contribution in [0.1, 0.15) is 41.5 Å². The molecule has 4 nitrogen and oxygen atoms in total. The van der Waals surface area contributed by atoms with E-state index in [4.69, 9.17) is 5.84 Å². The normalized spacial score (nSPS) is 14.1. The third kappa shape index (κ3) is 3.54. The highest BCUT2D eigenvalue weighted by Crippen LogP contribution is 2.29. The monoisotopic (exact) mass is 200 g/mol. The largest absolute Gasteiger partial charge is 0.350 e. The lowest BCUT2D eigenvalue weighted by atomic mass is 9.76. The van der Waals surface area contributed by atoms with Crippen LogP contribution in [0.5, 0.6) is 0 Å². The van der Waals surface area contributed by atoms with Crippen LogP contribution in [0.3, 0.4) is 0 Å². The van der Waals surface area contributed by atoms with Crippen LogP contribution in [0, 0.1) is 5.41 Å². The van der Waals surface area contributed by atoms with Crippen LogP contribution < -0.4 is 16.6 Å². The zero-order valence-electron chi connectivity index (χ0n) is 10.2. The number of hydrogen-bond acceptors (Lipinski definition) is 2. The van der Waals surface area contributed by atoms with Crippen LogP contribution in [0.4, 0.5) is 0 Å². The lowest BCUT2D eigenvalue weighted by Gasteiger charge is -2.40. The Bertz CT molecular complexity index is 201.